The number of anilines is 1. The van der Waals surface area contributed by atoms with Crippen LogP contribution in [0.1, 0.15) is 12.5 Å². The zero-order valence-electron chi connectivity index (χ0n) is 11.0. The van der Waals surface area contributed by atoms with Crippen molar-refractivity contribution in [2.24, 2.45) is 0 Å². The Kier molecular flexibility index (Phi) is 4.75. The van der Waals surface area contributed by atoms with Gasteiger partial charge >= 0.3 is 0 Å². The van der Waals surface area contributed by atoms with Gasteiger partial charge in [-0.1, -0.05) is 18.2 Å². The van der Waals surface area contributed by atoms with Crippen molar-refractivity contribution in [2.75, 3.05) is 18.5 Å². The quantitative estimate of drug-likeness (QED) is 0.836. The molecule has 0 radical (unpaired) electrons. The van der Waals surface area contributed by atoms with Crippen molar-refractivity contribution in [1.29, 1.82) is 0 Å². The number of benzene rings is 1. The molecule has 2 N–H and O–H groups in total. The van der Waals surface area contributed by atoms with Gasteiger partial charge < -0.3 is 15.2 Å². The summed E-state index contributed by atoms with van der Waals surface area (Å²) in [6, 6.07) is 9.60. The summed E-state index contributed by atoms with van der Waals surface area (Å²) in [6.45, 7) is 2.98. The number of pyridine rings is 1. The molecule has 0 spiro atoms. The van der Waals surface area contributed by atoms with Crippen LogP contribution in [-0.4, -0.2) is 23.2 Å². The second kappa shape index (κ2) is 6.75. The van der Waals surface area contributed by atoms with E-state index in [0.29, 0.717) is 12.2 Å². The minimum absolute atomic E-state index is 0.107. The van der Waals surface area contributed by atoms with Crippen LogP contribution in [0.2, 0.25) is 0 Å². The van der Waals surface area contributed by atoms with Gasteiger partial charge in [0.05, 0.1) is 18.1 Å². The second-order valence-corrected chi connectivity index (χ2v) is 4.12. The highest BCUT2D eigenvalue weighted by Crippen LogP contribution is 2.26. The number of aromatic nitrogens is 1. The van der Waals surface area contributed by atoms with Crippen molar-refractivity contribution >= 4 is 5.69 Å². The summed E-state index contributed by atoms with van der Waals surface area (Å²) in [5.41, 5.74) is 1.92. The lowest BCUT2D eigenvalue weighted by atomic mass is 10.1. The number of rotatable bonds is 6. The van der Waals surface area contributed by atoms with Crippen LogP contribution in [0.4, 0.5) is 5.69 Å². The fourth-order valence-corrected chi connectivity index (χ4v) is 1.83. The van der Waals surface area contributed by atoms with Crippen molar-refractivity contribution < 1.29 is 9.84 Å². The summed E-state index contributed by atoms with van der Waals surface area (Å²) in [5, 5.41) is 12.2. The fraction of sp³-hybridized carbons (Fsp3) is 0.267. The first-order valence-corrected chi connectivity index (χ1v) is 6.39. The zero-order chi connectivity index (χ0) is 13.5. The van der Waals surface area contributed by atoms with Gasteiger partial charge in [-0.05, 0) is 25.0 Å². The Morgan fingerprint density at radius 3 is 2.89 bits per heavy atom. The van der Waals surface area contributed by atoms with E-state index < -0.39 is 0 Å². The summed E-state index contributed by atoms with van der Waals surface area (Å²) < 4.78 is 5.84. The van der Waals surface area contributed by atoms with Crippen LogP contribution >= 0.6 is 0 Å². The molecular formula is C15H18N2O2. The van der Waals surface area contributed by atoms with Gasteiger partial charge in [-0.2, -0.15) is 0 Å². The molecule has 0 aliphatic heterocycles. The first kappa shape index (κ1) is 13.4. The number of nitrogens with zero attached hydrogens (tertiary/aromatic N) is 1. The maximum absolute atomic E-state index is 9.05. The highest BCUT2D eigenvalue weighted by molar-refractivity contribution is 5.47. The molecule has 4 nitrogen and oxygen atoms in total. The maximum Gasteiger partial charge on any atom is 0.147 e. The van der Waals surface area contributed by atoms with Crippen LogP contribution in [0.3, 0.4) is 0 Å². The van der Waals surface area contributed by atoms with Gasteiger partial charge in [0.15, 0.2) is 0 Å². The molecule has 0 unspecified atom stereocenters. The predicted molar refractivity (Wildman–Crippen MR) is 75.7 cm³/mol. The Morgan fingerprint density at radius 2 is 2.11 bits per heavy atom. The number of hydrogen-bond donors (Lipinski definition) is 2. The molecule has 2 rings (SSSR count). The summed E-state index contributed by atoms with van der Waals surface area (Å²) in [7, 11) is 0. The molecule has 0 aliphatic carbocycles. The minimum Gasteiger partial charge on any atom is -0.455 e. The summed E-state index contributed by atoms with van der Waals surface area (Å²) >= 11 is 0. The molecule has 0 saturated heterocycles. The third-order valence-electron chi connectivity index (χ3n) is 2.68. The molecule has 4 heteroatoms. The van der Waals surface area contributed by atoms with Crippen LogP contribution in [0.5, 0.6) is 11.5 Å². The van der Waals surface area contributed by atoms with Gasteiger partial charge in [0.1, 0.15) is 11.5 Å². The van der Waals surface area contributed by atoms with E-state index in [-0.39, 0.29) is 6.61 Å². The molecule has 100 valence electrons. The monoisotopic (exact) mass is 258 g/mol. The van der Waals surface area contributed by atoms with E-state index in [2.05, 4.69) is 10.3 Å². The number of para-hydroxylation sites is 1. The number of aliphatic hydroxyl groups excluding tert-OH is 1. The van der Waals surface area contributed by atoms with E-state index in [1.54, 1.807) is 12.4 Å². The third kappa shape index (κ3) is 3.69. The van der Waals surface area contributed by atoms with Crippen LogP contribution in [-0.2, 0) is 6.42 Å². The smallest absolute Gasteiger partial charge is 0.147 e. The predicted octanol–water partition coefficient (Wildman–Crippen LogP) is 2.84. The van der Waals surface area contributed by atoms with Crippen molar-refractivity contribution in [3.63, 3.8) is 0 Å². The molecule has 1 aromatic heterocycles. The van der Waals surface area contributed by atoms with Crippen LogP contribution < -0.4 is 10.1 Å². The highest BCUT2D eigenvalue weighted by atomic mass is 16.5. The summed E-state index contributed by atoms with van der Waals surface area (Å²) in [5.74, 6) is 1.44. The van der Waals surface area contributed by atoms with E-state index in [1.165, 1.54) is 0 Å². The number of nitrogens with one attached hydrogen (secondary N) is 1. The average Bonchev–Trinajstić information content (AvgIpc) is 2.42. The van der Waals surface area contributed by atoms with Crippen molar-refractivity contribution in [2.45, 2.75) is 13.3 Å². The third-order valence-corrected chi connectivity index (χ3v) is 2.68. The molecule has 2 aromatic rings. The molecule has 0 fully saturated rings. The fourth-order valence-electron chi connectivity index (χ4n) is 1.83. The van der Waals surface area contributed by atoms with Gasteiger partial charge in [-0.3, -0.25) is 4.98 Å². The standard InChI is InChI=1S/C15H18N2O2/c1-2-17-13-9-14(11-16-10-13)19-15-6-4-3-5-12(15)7-8-18/h3-6,9-11,17-18H,2,7-8H2,1H3. The van der Waals surface area contributed by atoms with E-state index >= 15 is 0 Å². The Bertz CT molecular complexity index is 529. The summed E-state index contributed by atoms with van der Waals surface area (Å²) in [4.78, 5) is 4.14. The number of aliphatic hydroxyl groups is 1. The molecule has 0 atom stereocenters. The van der Waals surface area contributed by atoms with Gasteiger partial charge in [0.2, 0.25) is 0 Å². The molecule has 1 heterocycles. The zero-order valence-corrected chi connectivity index (χ0v) is 11.0. The van der Waals surface area contributed by atoms with E-state index in [4.69, 9.17) is 9.84 Å². The van der Waals surface area contributed by atoms with Crippen molar-refractivity contribution in [3.05, 3.63) is 48.3 Å². The van der Waals surface area contributed by atoms with Gasteiger partial charge in [0, 0.05) is 19.2 Å². The normalized spacial score (nSPS) is 10.2. The van der Waals surface area contributed by atoms with E-state index in [9.17, 15) is 0 Å². The SMILES string of the molecule is CCNc1cncc(Oc2ccccc2CCO)c1. The molecule has 0 bridgehead atoms. The minimum atomic E-state index is 0.107. The largest absolute Gasteiger partial charge is 0.455 e. The Hall–Kier alpha value is -2.07. The van der Waals surface area contributed by atoms with Crippen molar-refractivity contribution in [3.8, 4) is 11.5 Å². The van der Waals surface area contributed by atoms with Crippen LogP contribution in [0, 0.1) is 0 Å². The van der Waals surface area contributed by atoms with Gasteiger partial charge in [0.25, 0.3) is 0 Å². The van der Waals surface area contributed by atoms with E-state index in [1.807, 2.05) is 37.3 Å². The van der Waals surface area contributed by atoms with Gasteiger partial charge in [-0.25, -0.2) is 0 Å². The second-order valence-electron chi connectivity index (χ2n) is 4.12. The van der Waals surface area contributed by atoms with Crippen molar-refractivity contribution in [1.82, 2.24) is 4.98 Å². The highest BCUT2D eigenvalue weighted by Gasteiger charge is 2.04. The van der Waals surface area contributed by atoms with Crippen LogP contribution in [0.25, 0.3) is 0 Å². The Labute approximate surface area is 113 Å². The lowest BCUT2D eigenvalue weighted by Gasteiger charge is -2.11. The topological polar surface area (TPSA) is 54.4 Å². The Balaban J connectivity index is 2.18. The molecule has 0 aliphatic rings. The maximum atomic E-state index is 9.05. The first-order chi connectivity index (χ1) is 9.33. The molecule has 1 aromatic carbocycles. The number of hydrogen-bond acceptors (Lipinski definition) is 4. The average molecular weight is 258 g/mol. The lowest BCUT2D eigenvalue weighted by Crippen LogP contribution is -1.98. The lowest BCUT2D eigenvalue weighted by molar-refractivity contribution is 0.298. The summed E-state index contributed by atoms with van der Waals surface area (Å²) in [6.07, 6.45) is 4.02. The molecule has 0 saturated carbocycles. The molecule has 0 amide bonds. The van der Waals surface area contributed by atoms with Crippen LogP contribution in [0.15, 0.2) is 42.7 Å². The Morgan fingerprint density at radius 1 is 1.26 bits per heavy atom. The van der Waals surface area contributed by atoms with Gasteiger partial charge in [-0.15, -0.1) is 0 Å². The number of ether oxygens (including phenoxy) is 1. The molecule has 19 heavy (non-hydrogen) atoms. The molecular weight excluding hydrogens is 240 g/mol. The van der Waals surface area contributed by atoms with E-state index in [0.717, 1.165) is 23.5 Å². The first-order valence-electron chi connectivity index (χ1n) is 6.39.